The molecule has 2 aromatic rings. The summed E-state index contributed by atoms with van der Waals surface area (Å²) in [6.45, 7) is 0.258. The Labute approximate surface area is 158 Å². The van der Waals surface area contributed by atoms with Crippen LogP contribution in [0.4, 0.5) is 4.79 Å². The molecule has 5 nitrogen and oxygen atoms in total. The molecule has 0 spiro atoms. The third-order valence-electron chi connectivity index (χ3n) is 5.52. The second-order valence-corrected chi connectivity index (χ2v) is 7.19. The molecule has 2 atom stereocenters. The van der Waals surface area contributed by atoms with Gasteiger partial charge in [-0.1, -0.05) is 36.4 Å². The highest BCUT2D eigenvalue weighted by Gasteiger charge is 2.39. The van der Waals surface area contributed by atoms with E-state index in [1.54, 1.807) is 7.11 Å². The van der Waals surface area contributed by atoms with E-state index in [-0.39, 0.29) is 24.5 Å². The molecule has 0 saturated carbocycles. The predicted molar refractivity (Wildman–Crippen MR) is 101 cm³/mol. The topological polar surface area (TPSA) is 55.8 Å². The van der Waals surface area contributed by atoms with Gasteiger partial charge in [-0.15, -0.1) is 0 Å². The molecule has 4 rings (SSSR count). The van der Waals surface area contributed by atoms with Gasteiger partial charge in [0.2, 0.25) is 5.91 Å². The molecule has 0 radical (unpaired) electrons. The third kappa shape index (κ3) is 3.54. The number of imide groups is 1. The van der Waals surface area contributed by atoms with Crippen LogP contribution in [0, 0.1) is 0 Å². The fourth-order valence-electron chi connectivity index (χ4n) is 4.12. The molecule has 1 saturated heterocycles. The first-order valence-electron chi connectivity index (χ1n) is 9.35. The molecule has 2 amide bonds. The number of methoxy groups -OCH3 is 1. The van der Waals surface area contributed by atoms with Crippen LogP contribution in [-0.2, 0) is 22.4 Å². The van der Waals surface area contributed by atoms with Crippen LogP contribution in [-0.4, -0.2) is 36.7 Å². The number of fused-ring (bicyclic) bond motifs is 1. The maximum atomic E-state index is 13.0. The second-order valence-electron chi connectivity index (χ2n) is 7.19. The van der Waals surface area contributed by atoms with Crippen LogP contribution in [0.1, 0.15) is 35.4 Å². The number of cyclic esters (lactones) is 1. The minimum atomic E-state index is -0.523. The summed E-state index contributed by atoms with van der Waals surface area (Å²) in [6, 6.07) is 15.7. The van der Waals surface area contributed by atoms with E-state index in [0.29, 0.717) is 12.8 Å². The molecule has 1 heterocycles. The van der Waals surface area contributed by atoms with Crippen molar-refractivity contribution in [1.29, 1.82) is 0 Å². The number of benzene rings is 2. The Kier molecular flexibility index (Phi) is 4.84. The molecule has 0 unspecified atom stereocenters. The lowest BCUT2D eigenvalue weighted by atomic mass is 9.96. The molecular formula is C22H23NO4. The quantitative estimate of drug-likeness (QED) is 0.811. The Morgan fingerprint density at radius 1 is 1.22 bits per heavy atom. The third-order valence-corrected chi connectivity index (χ3v) is 5.52. The number of carbonyl (C=O) groups excluding carboxylic acids is 2. The van der Waals surface area contributed by atoms with Gasteiger partial charge in [-0.05, 0) is 54.0 Å². The molecule has 140 valence electrons. The number of hydrogen-bond donors (Lipinski definition) is 0. The van der Waals surface area contributed by atoms with Crippen LogP contribution in [0.25, 0.3) is 0 Å². The minimum Gasteiger partial charge on any atom is -0.497 e. The SMILES string of the molecule is COc1ccc2c(c1)[C@H](CC(=O)N1C(=O)OC[C@H]1Cc1ccccc1)CC2. The Bertz CT molecular complexity index is 849. The van der Waals surface area contributed by atoms with E-state index in [1.807, 2.05) is 42.5 Å². The maximum Gasteiger partial charge on any atom is 0.416 e. The van der Waals surface area contributed by atoms with Gasteiger partial charge < -0.3 is 9.47 Å². The lowest BCUT2D eigenvalue weighted by Crippen LogP contribution is -2.40. The average Bonchev–Trinajstić information content (AvgIpc) is 3.25. The first-order valence-corrected chi connectivity index (χ1v) is 9.35. The van der Waals surface area contributed by atoms with Crippen molar-refractivity contribution in [3.8, 4) is 5.75 Å². The van der Waals surface area contributed by atoms with E-state index in [9.17, 15) is 9.59 Å². The number of carbonyl (C=O) groups is 2. The highest BCUT2D eigenvalue weighted by molar-refractivity contribution is 5.94. The van der Waals surface area contributed by atoms with Gasteiger partial charge in [0, 0.05) is 6.42 Å². The summed E-state index contributed by atoms with van der Waals surface area (Å²) < 4.78 is 10.5. The monoisotopic (exact) mass is 365 g/mol. The molecule has 2 aromatic carbocycles. The number of ether oxygens (including phenoxy) is 2. The second kappa shape index (κ2) is 7.43. The minimum absolute atomic E-state index is 0.119. The van der Waals surface area contributed by atoms with Crippen LogP contribution >= 0.6 is 0 Å². The summed E-state index contributed by atoms with van der Waals surface area (Å²) in [6.07, 6.45) is 2.29. The summed E-state index contributed by atoms with van der Waals surface area (Å²) in [5.41, 5.74) is 3.52. The van der Waals surface area contributed by atoms with E-state index in [4.69, 9.17) is 9.47 Å². The lowest BCUT2D eigenvalue weighted by molar-refractivity contribution is -0.129. The molecule has 0 aromatic heterocycles. The van der Waals surface area contributed by atoms with Gasteiger partial charge in [0.25, 0.3) is 0 Å². The molecule has 2 aliphatic rings. The van der Waals surface area contributed by atoms with E-state index in [1.165, 1.54) is 10.5 Å². The molecular weight excluding hydrogens is 342 g/mol. The molecule has 0 bridgehead atoms. The van der Waals surface area contributed by atoms with E-state index in [2.05, 4.69) is 6.07 Å². The predicted octanol–water partition coefficient (Wildman–Crippen LogP) is 3.71. The highest BCUT2D eigenvalue weighted by atomic mass is 16.6. The summed E-state index contributed by atoms with van der Waals surface area (Å²) in [5.74, 6) is 0.767. The summed E-state index contributed by atoms with van der Waals surface area (Å²) in [4.78, 5) is 26.5. The van der Waals surface area contributed by atoms with Crippen molar-refractivity contribution >= 4 is 12.0 Å². The van der Waals surface area contributed by atoms with E-state index < -0.39 is 6.09 Å². The van der Waals surface area contributed by atoms with Crippen LogP contribution in [0.3, 0.4) is 0 Å². The van der Waals surface area contributed by atoms with Crippen LogP contribution in [0.5, 0.6) is 5.75 Å². The Morgan fingerprint density at radius 3 is 2.81 bits per heavy atom. The zero-order valence-electron chi connectivity index (χ0n) is 15.4. The van der Waals surface area contributed by atoms with Crippen molar-refractivity contribution in [2.24, 2.45) is 0 Å². The fourth-order valence-corrected chi connectivity index (χ4v) is 4.12. The van der Waals surface area contributed by atoms with Gasteiger partial charge in [0.15, 0.2) is 0 Å². The highest BCUT2D eigenvalue weighted by Crippen LogP contribution is 2.38. The van der Waals surface area contributed by atoms with Gasteiger partial charge in [-0.3, -0.25) is 4.79 Å². The molecule has 5 heteroatoms. The van der Waals surface area contributed by atoms with E-state index >= 15 is 0 Å². The van der Waals surface area contributed by atoms with Gasteiger partial charge in [0.1, 0.15) is 12.4 Å². The summed E-state index contributed by atoms with van der Waals surface area (Å²) >= 11 is 0. The van der Waals surface area contributed by atoms with Crippen LogP contribution in [0.15, 0.2) is 48.5 Å². The van der Waals surface area contributed by atoms with Crippen LogP contribution in [0.2, 0.25) is 0 Å². The van der Waals surface area contributed by atoms with Crippen LogP contribution < -0.4 is 4.74 Å². The van der Waals surface area contributed by atoms with Crippen molar-refractivity contribution in [1.82, 2.24) is 4.90 Å². The fraction of sp³-hybridized carbons (Fsp3) is 0.364. The molecule has 27 heavy (non-hydrogen) atoms. The number of rotatable bonds is 5. The van der Waals surface area contributed by atoms with Gasteiger partial charge in [0.05, 0.1) is 13.2 Å². The van der Waals surface area contributed by atoms with Crippen molar-refractivity contribution in [3.05, 3.63) is 65.2 Å². The standard InChI is InChI=1S/C22H23NO4/c1-26-19-10-9-16-7-8-17(20(16)13-19)12-21(24)23-18(14-27-22(23)25)11-15-5-3-2-4-6-15/h2-6,9-10,13,17-18H,7-8,11-12,14H2,1H3/t17-,18+/m0/s1. The zero-order chi connectivity index (χ0) is 18.8. The molecule has 0 N–H and O–H groups in total. The van der Waals surface area contributed by atoms with Crippen molar-refractivity contribution in [2.75, 3.05) is 13.7 Å². The van der Waals surface area contributed by atoms with Crippen molar-refractivity contribution < 1.29 is 19.1 Å². The Morgan fingerprint density at radius 2 is 2.04 bits per heavy atom. The average molecular weight is 365 g/mol. The summed E-state index contributed by atoms with van der Waals surface area (Å²) in [7, 11) is 1.64. The number of aryl methyl sites for hydroxylation is 1. The first kappa shape index (κ1) is 17.6. The summed E-state index contributed by atoms with van der Waals surface area (Å²) in [5, 5.41) is 0. The molecule has 1 fully saturated rings. The number of amides is 2. The zero-order valence-corrected chi connectivity index (χ0v) is 15.4. The van der Waals surface area contributed by atoms with Crippen molar-refractivity contribution in [2.45, 2.75) is 37.6 Å². The first-order chi connectivity index (χ1) is 13.2. The Hall–Kier alpha value is -2.82. The smallest absolute Gasteiger partial charge is 0.416 e. The maximum absolute atomic E-state index is 13.0. The van der Waals surface area contributed by atoms with Gasteiger partial charge in [-0.2, -0.15) is 0 Å². The number of hydrogen-bond acceptors (Lipinski definition) is 4. The number of nitrogens with zero attached hydrogens (tertiary/aromatic N) is 1. The molecule has 1 aliphatic carbocycles. The van der Waals surface area contributed by atoms with Crippen molar-refractivity contribution in [3.63, 3.8) is 0 Å². The largest absolute Gasteiger partial charge is 0.497 e. The Balaban J connectivity index is 1.48. The van der Waals surface area contributed by atoms with Gasteiger partial charge in [-0.25, -0.2) is 9.69 Å². The van der Waals surface area contributed by atoms with Gasteiger partial charge >= 0.3 is 6.09 Å². The molecule has 1 aliphatic heterocycles. The normalized spacial score (nSPS) is 21.1. The van der Waals surface area contributed by atoms with E-state index in [0.717, 1.165) is 29.7 Å². The lowest BCUT2D eigenvalue weighted by Gasteiger charge is -2.21.